The van der Waals surface area contributed by atoms with Gasteiger partial charge in [-0.2, -0.15) is 16.7 Å². The van der Waals surface area contributed by atoms with Crippen molar-refractivity contribution in [3.63, 3.8) is 0 Å². The molecule has 0 radical (unpaired) electrons. The van der Waals surface area contributed by atoms with Crippen LogP contribution in [0.5, 0.6) is 0 Å². The topological polar surface area (TPSA) is 51.0 Å². The maximum atomic E-state index is 5.37. The van der Waals surface area contributed by atoms with Gasteiger partial charge in [-0.05, 0) is 43.9 Å². The molecule has 0 amide bonds. The second kappa shape index (κ2) is 7.90. The van der Waals surface area contributed by atoms with E-state index < -0.39 is 0 Å². The minimum atomic E-state index is 0.525. The first-order valence-electron chi connectivity index (χ1n) is 7.46. The Bertz CT molecular complexity index is 365. The predicted molar refractivity (Wildman–Crippen MR) is 79.3 cm³/mol. The lowest BCUT2D eigenvalue weighted by Crippen LogP contribution is -2.33. The van der Waals surface area contributed by atoms with E-state index in [0.29, 0.717) is 6.04 Å². The molecule has 1 N–H and O–H groups in total. The quantitative estimate of drug-likeness (QED) is 0.669. The second-order valence-electron chi connectivity index (χ2n) is 5.26. The standard InChI is InChI=1S/C14H25N3OS/c1-3-7-15-12(11-5-6-11)9-14-16-13(17-18-14)10-19-8-4-2/h11-12,15H,3-10H2,1-2H3. The maximum absolute atomic E-state index is 5.37. The minimum Gasteiger partial charge on any atom is -0.339 e. The third-order valence-corrected chi connectivity index (χ3v) is 4.49. The largest absolute Gasteiger partial charge is 0.339 e. The molecule has 19 heavy (non-hydrogen) atoms. The predicted octanol–water partition coefficient (Wildman–Crippen LogP) is 3.03. The van der Waals surface area contributed by atoms with Crippen molar-refractivity contribution in [3.05, 3.63) is 11.7 Å². The zero-order valence-electron chi connectivity index (χ0n) is 12.0. The van der Waals surface area contributed by atoms with Crippen LogP contribution in [0.2, 0.25) is 0 Å². The molecular formula is C14H25N3OS. The number of nitrogens with one attached hydrogen (secondary N) is 1. The molecule has 1 saturated carbocycles. The molecular weight excluding hydrogens is 258 g/mol. The molecule has 5 heteroatoms. The molecule has 1 aromatic heterocycles. The van der Waals surface area contributed by atoms with Gasteiger partial charge in [0.1, 0.15) is 0 Å². The molecule has 4 nitrogen and oxygen atoms in total. The molecule has 1 aliphatic rings. The van der Waals surface area contributed by atoms with Gasteiger partial charge in [-0.15, -0.1) is 0 Å². The van der Waals surface area contributed by atoms with E-state index in [1.54, 1.807) is 0 Å². The lowest BCUT2D eigenvalue weighted by Gasteiger charge is -2.15. The van der Waals surface area contributed by atoms with Gasteiger partial charge < -0.3 is 9.84 Å². The summed E-state index contributed by atoms with van der Waals surface area (Å²) in [4.78, 5) is 4.50. The van der Waals surface area contributed by atoms with Crippen LogP contribution in [0.3, 0.4) is 0 Å². The SMILES string of the molecule is CCCNC(Cc1nc(CSCCC)no1)C1CC1. The smallest absolute Gasteiger partial charge is 0.228 e. The summed E-state index contributed by atoms with van der Waals surface area (Å²) in [5.74, 6) is 4.49. The normalized spacial score (nSPS) is 16.7. The fourth-order valence-corrected chi connectivity index (χ4v) is 2.89. The van der Waals surface area contributed by atoms with Crippen LogP contribution in [0.15, 0.2) is 4.52 Å². The van der Waals surface area contributed by atoms with Gasteiger partial charge in [0.15, 0.2) is 5.82 Å². The fourth-order valence-electron chi connectivity index (χ4n) is 2.16. The van der Waals surface area contributed by atoms with Crippen LogP contribution in [0.4, 0.5) is 0 Å². The molecule has 0 aromatic carbocycles. The molecule has 0 saturated heterocycles. The van der Waals surface area contributed by atoms with Crippen molar-refractivity contribution in [1.82, 2.24) is 15.5 Å². The van der Waals surface area contributed by atoms with Crippen molar-refractivity contribution in [2.24, 2.45) is 5.92 Å². The van der Waals surface area contributed by atoms with Crippen molar-refractivity contribution in [3.8, 4) is 0 Å². The molecule has 0 bridgehead atoms. The monoisotopic (exact) mass is 283 g/mol. The molecule has 108 valence electrons. The highest BCUT2D eigenvalue weighted by molar-refractivity contribution is 7.98. The van der Waals surface area contributed by atoms with E-state index in [9.17, 15) is 0 Å². The molecule has 1 aromatic rings. The average molecular weight is 283 g/mol. The van der Waals surface area contributed by atoms with Crippen molar-refractivity contribution >= 4 is 11.8 Å². The number of thioether (sulfide) groups is 1. The van der Waals surface area contributed by atoms with Gasteiger partial charge in [-0.3, -0.25) is 0 Å². The average Bonchev–Trinajstić information content (AvgIpc) is 3.17. The van der Waals surface area contributed by atoms with Crippen molar-refractivity contribution in [1.29, 1.82) is 0 Å². The summed E-state index contributed by atoms with van der Waals surface area (Å²) in [6, 6.07) is 0.525. The Morgan fingerprint density at radius 1 is 1.37 bits per heavy atom. The van der Waals surface area contributed by atoms with Crippen LogP contribution in [-0.2, 0) is 12.2 Å². The number of rotatable bonds is 10. The van der Waals surface area contributed by atoms with E-state index >= 15 is 0 Å². The van der Waals surface area contributed by atoms with Gasteiger partial charge in [0.2, 0.25) is 5.89 Å². The van der Waals surface area contributed by atoms with E-state index in [4.69, 9.17) is 4.52 Å². The number of nitrogens with zero attached hydrogens (tertiary/aromatic N) is 2. The summed E-state index contributed by atoms with van der Waals surface area (Å²) in [5, 5.41) is 7.67. The van der Waals surface area contributed by atoms with Crippen molar-refractivity contribution < 1.29 is 4.52 Å². The Balaban J connectivity index is 1.79. The summed E-state index contributed by atoms with van der Waals surface area (Å²) in [5.41, 5.74) is 0. The molecule has 1 atom stereocenters. The van der Waals surface area contributed by atoms with Crippen LogP contribution in [-0.4, -0.2) is 28.5 Å². The Hall–Kier alpha value is -0.550. The second-order valence-corrected chi connectivity index (χ2v) is 6.36. The van der Waals surface area contributed by atoms with E-state index in [1.807, 2.05) is 11.8 Å². The highest BCUT2D eigenvalue weighted by Crippen LogP contribution is 2.34. The highest BCUT2D eigenvalue weighted by Gasteiger charge is 2.32. The summed E-state index contributed by atoms with van der Waals surface area (Å²) >= 11 is 1.87. The third-order valence-electron chi connectivity index (χ3n) is 3.33. The molecule has 2 rings (SSSR count). The van der Waals surface area contributed by atoms with Crippen LogP contribution >= 0.6 is 11.8 Å². The van der Waals surface area contributed by atoms with Gasteiger partial charge in [-0.25, -0.2) is 0 Å². The number of aromatic nitrogens is 2. The lowest BCUT2D eigenvalue weighted by atomic mass is 10.1. The summed E-state index contributed by atoms with van der Waals surface area (Å²) < 4.78 is 5.37. The zero-order chi connectivity index (χ0) is 13.5. The van der Waals surface area contributed by atoms with Gasteiger partial charge >= 0.3 is 0 Å². The summed E-state index contributed by atoms with van der Waals surface area (Å²) in [6.07, 6.45) is 5.94. The molecule has 1 heterocycles. The molecule has 1 aliphatic carbocycles. The Morgan fingerprint density at radius 2 is 2.21 bits per heavy atom. The van der Waals surface area contributed by atoms with Crippen molar-refractivity contribution in [2.45, 2.75) is 57.7 Å². The van der Waals surface area contributed by atoms with Gasteiger partial charge in [0, 0.05) is 12.5 Å². The van der Waals surface area contributed by atoms with Crippen LogP contribution in [0.25, 0.3) is 0 Å². The highest BCUT2D eigenvalue weighted by atomic mass is 32.2. The number of hydrogen-bond acceptors (Lipinski definition) is 5. The lowest BCUT2D eigenvalue weighted by molar-refractivity contribution is 0.343. The third kappa shape index (κ3) is 5.15. The molecule has 0 spiro atoms. The zero-order valence-corrected chi connectivity index (χ0v) is 12.8. The molecule has 1 unspecified atom stereocenters. The Labute approximate surface area is 120 Å². The molecule has 0 aliphatic heterocycles. The van der Waals surface area contributed by atoms with Crippen LogP contribution in [0, 0.1) is 5.92 Å². The molecule has 1 fully saturated rings. The van der Waals surface area contributed by atoms with E-state index in [2.05, 4.69) is 29.3 Å². The van der Waals surface area contributed by atoms with Gasteiger partial charge in [-0.1, -0.05) is 19.0 Å². The summed E-state index contributed by atoms with van der Waals surface area (Å²) in [6.45, 7) is 5.47. The van der Waals surface area contributed by atoms with Crippen molar-refractivity contribution in [2.75, 3.05) is 12.3 Å². The van der Waals surface area contributed by atoms with Gasteiger partial charge in [0.05, 0.1) is 5.75 Å². The van der Waals surface area contributed by atoms with E-state index in [-0.39, 0.29) is 0 Å². The Morgan fingerprint density at radius 3 is 2.89 bits per heavy atom. The number of hydrogen-bond donors (Lipinski definition) is 1. The van der Waals surface area contributed by atoms with E-state index in [0.717, 1.165) is 42.1 Å². The first-order valence-corrected chi connectivity index (χ1v) is 8.61. The fraction of sp³-hybridized carbons (Fsp3) is 0.857. The first-order chi connectivity index (χ1) is 9.33. The summed E-state index contributed by atoms with van der Waals surface area (Å²) in [7, 11) is 0. The van der Waals surface area contributed by atoms with Crippen LogP contribution < -0.4 is 5.32 Å². The van der Waals surface area contributed by atoms with Gasteiger partial charge in [0.25, 0.3) is 0 Å². The van der Waals surface area contributed by atoms with E-state index in [1.165, 1.54) is 25.7 Å². The van der Waals surface area contributed by atoms with Crippen LogP contribution in [0.1, 0.15) is 51.2 Å². The minimum absolute atomic E-state index is 0.525. The first kappa shape index (κ1) is 14.9. The maximum Gasteiger partial charge on any atom is 0.228 e. The Kier molecular flexibility index (Phi) is 6.17.